The second-order valence-corrected chi connectivity index (χ2v) is 15.2. The van der Waals surface area contributed by atoms with Gasteiger partial charge in [0.25, 0.3) is 5.91 Å². The lowest BCUT2D eigenvalue weighted by Crippen LogP contribution is -2.55. The summed E-state index contributed by atoms with van der Waals surface area (Å²) in [4.78, 5) is 78.0. The number of hydrogen-bond donors (Lipinski definition) is 6. The van der Waals surface area contributed by atoms with Crippen molar-refractivity contribution >= 4 is 29.6 Å². The maximum atomic E-state index is 14.3. The van der Waals surface area contributed by atoms with Gasteiger partial charge in [-0.25, -0.2) is 14.8 Å². The first kappa shape index (κ1) is 41.0. The number of hydrogen-bond acceptors (Lipinski definition) is 9. The lowest BCUT2D eigenvalue weighted by molar-refractivity contribution is -0.143. The molecule has 5 rings (SSSR count). The van der Waals surface area contributed by atoms with Crippen LogP contribution in [0.2, 0.25) is 0 Å². The highest BCUT2D eigenvalue weighted by molar-refractivity contribution is 6.00. The molecule has 0 aliphatic carbocycles. The van der Waals surface area contributed by atoms with E-state index < -0.39 is 53.8 Å². The Morgan fingerprint density at radius 2 is 1.61 bits per heavy atom. The van der Waals surface area contributed by atoms with Crippen LogP contribution in [0.1, 0.15) is 78.6 Å². The van der Waals surface area contributed by atoms with E-state index in [-0.39, 0.29) is 36.1 Å². The molecule has 4 bridgehead atoms. The number of benzene rings is 3. The number of carbonyl (C=O) groups excluding carboxylic acids is 4. The molecule has 7 N–H and O–H groups in total. The fraction of sp³-hybridized carbons (Fsp3) is 0.357. The third kappa shape index (κ3) is 9.03. The zero-order chi connectivity index (χ0) is 41.1. The number of nitrogens with one attached hydrogen (secondary N) is 3. The number of nitrogens with zero attached hydrogens (tertiary/aromatic N) is 3. The average molecular weight is 764 g/mol. The number of fused-ring (bicyclic) bond motifs is 5. The number of amides is 4. The summed E-state index contributed by atoms with van der Waals surface area (Å²) in [7, 11) is 1.40. The summed E-state index contributed by atoms with van der Waals surface area (Å²) in [5, 5.41) is 28.6. The number of aromatic nitrogens is 2. The van der Waals surface area contributed by atoms with E-state index in [9.17, 15) is 34.2 Å². The minimum atomic E-state index is -1.34. The molecule has 0 saturated heterocycles. The fourth-order valence-corrected chi connectivity index (χ4v) is 6.78. The van der Waals surface area contributed by atoms with Crippen LogP contribution in [0, 0.1) is 13.8 Å². The molecule has 4 aromatic rings. The van der Waals surface area contributed by atoms with E-state index in [0.717, 1.165) is 11.1 Å². The first-order valence-electron chi connectivity index (χ1n) is 18.4. The molecular formula is C42H49N7O7. The van der Waals surface area contributed by atoms with Gasteiger partial charge in [-0.2, -0.15) is 0 Å². The molecule has 294 valence electrons. The van der Waals surface area contributed by atoms with Crippen LogP contribution in [-0.4, -0.2) is 86.4 Å². The highest BCUT2D eigenvalue weighted by Crippen LogP contribution is 2.34. The minimum Gasteiger partial charge on any atom is -0.507 e. The summed E-state index contributed by atoms with van der Waals surface area (Å²) < 4.78 is 0. The van der Waals surface area contributed by atoms with Crippen molar-refractivity contribution in [3.63, 3.8) is 0 Å². The molecule has 14 nitrogen and oxygen atoms in total. The number of carboxylic acid groups (broad SMARTS) is 1. The number of aliphatic carboxylic acids is 1. The number of carboxylic acids is 1. The van der Waals surface area contributed by atoms with Crippen LogP contribution < -0.4 is 21.7 Å². The van der Waals surface area contributed by atoms with E-state index in [1.165, 1.54) is 24.9 Å². The molecule has 4 atom stereocenters. The zero-order valence-electron chi connectivity index (χ0n) is 32.6. The van der Waals surface area contributed by atoms with Gasteiger partial charge >= 0.3 is 5.97 Å². The molecule has 1 aliphatic rings. The number of aromatic hydroxyl groups is 1. The predicted molar refractivity (Wildman–Crippen MR) is 210 cm³/mol. The normalized spacial score (nSPS) is 17.8. The fourth-order valence-electron chi connectivity index (χ4n) is 6.78. The van der Waals surface area contributed by atoms with Gasteiger partial charge in [0.15, 0.2) is 5.82 Å². The molecule has 2 heterocycles. The summed E-state index contributed by atoms with van der Waals surface area (Å²) in [6, 6.07) is 14.1. The molecular weight excluding hydrogens is 715 g/mol. The van der Waals surface area contributed by atoms with Gasteiger partial charge in [-0.3, -0.25) is 19.2 Å². The molecule has 14 heteroatoms. The lowest BCUT2D eigenvalue weighted by atomic mass is 9.86. The zero-order valence-corrected chi connectivity index (χ0v) is 32.6. The monoisotopic (exact) mass is 763 g/mol. The van der Waals surface area contributed by atoms with Crippen molar-refractivity contribution in [2.24, 2.45) is 5.73 Å². The number of likely N-dealkylation sites (N-methyl/N-ethyl adjacent to an activating group) is 1. The molecule has 3 aromatic carbocycles. The Labute approximate surface area is 325 Å². The summed E-state index contributed by atoms with van der Waals surface area (Å²) >= 11 is 0. The largest absolute Gasteiger partial charge is 0.507 e. The number of carbonyl (C=O) groups is 5. The standard InChI is InChI=1S/C42H49N7O7/c1-22-34(23(2)45-36(44-22)26-12-14-29(15-13-26)42(4,5)6)38(52)47-31(17-18-43)40(54)49(7)35-28-10-8-9-27(21-28)30-19-25(11-16-33(30)50)20-32(41(55)56)48-37(51)24(3)46-39(35)53/h8-16,19,21,24,31-32,35,50H,17-18,20,43H2,1-7H3,(H,46,53)(H,47,52)(H,48,51)(H,55,56)/t24?,31-,32?,35?/m0/s1. The van der Waals surface area contributed by atoms with Crippen molar-refractivity contribution in [1.82, 2.24) is 30.8 Å². The van der Waals surface area contributed by atoms with Crippen LogP contribution in [0.5, 0.6) is 5.75 Å². The van der Waals surface area contributed by atoms with E-state index in [4.69, 9.17) is 5.73 Å². The van der Waals surface area contributed by atoms with Crippen molar-refractivity contribution in [2.75, 3.05) is 13.6 Å². The Hall–Kier alpha value is -6.15. The summed E-state index contributed by atoms with van der Waals surface area (Å²) in [6.45, 7) is 11.2. The number of aryl methyl sites for hydroxylation is 2. The molecule has 0 radical (unpaired) electrons. The summed E-state index contributed by atoms with van der Waals surface area (Å²) in [6.07, 6.45) is -0.0555. The smallest absolute Gasteiger partial charge is 0.326 e. The van der Waals surface area contributed by atoms with Crippen LogP contribution in [0.3, 0.4) is 0 Å². The highest BCUT2D eigenvalue weighted by atomic mass is 16.4. The first-order chi connectivity index (χ1) is 26.4. The topological polar surface area (TPSA) is 217 Å². The van der Waals surface area contributed by atoms with Gasteiger partial charge in [0.2, 0.25) is 17.7 Å². The molecule has 0 spiro atoms. The van der Waals surface area contributed by atoms with Gasteiger partial charge in [-0.05, 0) is 79.6 Å². The Bertz CT molecular complexity index is 2140. The second kappa shape index (κ2) is 16.7. The van der Waals surface area contributed by atoms with Crippen molar-refractivity contribution in [1.29, 1.82) is 0 Å². The van der Waals surface area contributed by atoms with Crippen molar-refractivity contribution in [3.05, 3.63) is 100 Å². The summed E-state index contributed by atoms with van der Waals surface area (Å²) in [5.41, 5.74) is 10.6. The maximum Gasteiger partial charge on any atom is 0.326 e. The quantitative estimate of drug-likeness (QED) is 0.153. The van der Waals surface area contributed by atoms with E-state index >= 15 is 0 Å². The Kier molecular flexibility index (Phi) is 12.2. The SMILES string of the molecule is Cc1nc(-c2ccc(C(C)(C)C)cc2)nc(C)c1C(=O)N[C@@H](CCN)C(=O)N(C)C1C(=O)NC(C)C(=O)NC(C(=O)O)Cc2ccc(O)c(c2)-c2cccc1c2. The predicted octanol–water partition coefficient (Wildman–Crippen LogP) is 3.71. The van der Waals surface area contributed by atoms with Crippen LogP contribution in [0.4, 0.5) is 0 Å². The molecule has 0 saturated carbocycles. The second-order valence-electron chi connectivity index (χ2n) is 15.2. The first-order valence-corrected chi connectivity index (χ1v) is 18.4. The molecule has 3 unspecified atom stereocenters. The van der Waals surface area contributed by atoms with Crippen LogP contribution in [-0.2, 0) is 31.0 Å². The van der Waals surface area contributed by atoms with E-state index in [1.54, 1.807) is 50.2 Å². The van der Waals surface area contributed by atoms with Gasteiger partial charge < -0.3 is 36.8 Å². The van der Waals surface area contributed by atoms with Gasteiger partial charge in [0, 0.05) is 24.6 Å². The van der Waals surface area contributed by atoms with Gasteiger partial charge in [-0.1, -0.05) is 69.3 Å². The number of phenolic OH excluding ortho intramolecular Hbond substituents is 1. The average Bonchev–Trinajstić information content (AvgIpc) is 3.13. The van der Waals surface area contributed by atoms with Crippen molar-refractivity contribution in [2.45, 2.75) is 84.0 Å². The van der Waals surface area contributed by atoms with Crippen LogP contribution >= 0.6 is 0 Å². The minimum absolute atomic E-state index is 0.0202. The molecule has 1 aromatic heterocycles. The van der Waals surface area contributed by atoms with E-state index in [2.05, 4.69) is 46.7 Å². The Morgan fingerprint density at radius 1 is 0.946 bits per heavy atom. The van der Waals surface area contributed by atoms with Crippen molar-refractivity contribution in [3.8, 4) is 28.3 Å². The maximum absolute atomic E-state index is 14.3. The lowest BCUT2D eigenvalue weighted by Gasteiger charge is -2.32. The molecule has 4 amide bonds. The molecule has 56 heavy (non-hydrogen) atoms. The van der Waals surface area contributed by atoms with Crippen LogP contribution in [0.25, 0.3) is 22.5 Å². The van der Waals surface area contributed by atoms with E-state index in [0.29, 0.717) is 39.5 Å². The van der Waals surface area contributed by atoms with E-state index in [1.807, 2.05) is 24.3 Å². The van der Waals surface area contributed by atoms with Gasteiger partial charge in [-0.15, -0.1) is 0 Å². The Morgan fingerprint density at radius 3 is 2.21 bits per heavy atom. The van der Waals surface area contributed by atoms with Gasteiger partial charge in [0.05, 0.1) is 17.0 Å². The van der Waals surface area contributed by atoms with Gasteiger partial charge in [0.1, 0.15) is 29.9 Å². The highest BCUT2D eigenvalue weighted by Gasteiger charge is 2.36. The number of phenols is 1. The van der Waals surface area contributed by atoms with Crippen LogP contribution in [0.15, 0.2) is 66.7 Å². The molecule has 0 fully saturated rings. The third-order valence-corrected chi connectivity index (χ3v) is 9.93. The van der Waals surface area contributed by atoms with Crippen molar-refractivity contribution < 1.29 is 34.2 Å². The summed E-state index contributed by atoms with van der Waals surface area (Å²) in [5.74, 6) is -3.66. The molecule has 1 aliphatic heterocycles. The third-order valence-electron chi connectivity index (χ3n) is 9.93. The number of nitrogens with two attached hydrogens (primary N) is 1. The Balaban J connectivity index is 1.47. The number of rotatable bonds is 8.